The van der Waals surface area contributed by atoms with Gasteiger partial charge < -0.3 is 10.2 Å². The Morgan fingerprint density at radius 2 is 1.97 bits per heavy atom. The lowest BCUT2D eigenvalue weighted by molar-refractivity contribution is -0.384. The third-order valence-corrected chi connectivity index (χ3v) is 5.69. The summed E-state index contributed by atoms with van der Waals surface area (Å²) in [6.07, 6.45) is 3.77. The fourth-order valence-corrected chi connectivity index (χ4v) is 4.06. The number of rotatable bonds is 6. The van der Waals surface area contributed by atoms with Crippen molar-refractivity contribution < 1.29 is 14.5 Å². The largest absolute Gasteiger partial charge is 0.324 e. The van der Waals surface area contributed by atoms with Crippen molar-refractivity contribution in [2.45, 2.75) is 19.4 Å². The lowest BCUT2D eigenvalue weighted by atomic mass is 10.2. The number of nitrogens with zero attached hydrogens (tertiary/aromatic N) is 6. The van der Waals surface area contributed by atoms with E-state index in [4.69, 9.17) is 0 Å². The van der Waals surface area contributed by atoms with E-state index >= 15 is 0 Å². The number of hydrogen-bond acceptors (Lipinski definition) is 7. The van der Waals surface area contributed by atoms with Crippen LogP contribution in [0.1, 0.15) is 12.8 Å². The van der Waals surface area contributed by atoms with E-state index in [1.54, 1.807) is 35.2 Å². The Hall–Kier alpha value is -4.87. The number of aromatic nitrogens is 4. The molecule has 1 saturated heterocycles. The van der Waals surface area contributed by atoms with Gasteiger partial charge in [-0.1, -0.05) is 18.2 Å². The zero-order valence-corrected chi connectivity index (χ0v) is 18.3. The third kappa shape index (κ3) is 4.12. The third-order valence-electron chi connectivity index (χ3n) is 5.69. The van der Waals surface area contributed by atoms with Crippen molar-refractivity contribution in [2.24, 2.45) is 0 Å². The van der Waals surface area contributed by atoms with Crippen LogP contribution in [0.2, 0.25) is 0 Å². The molecule has 176 valence electrons. The van der Waals surface area contributed by atoms with Crippen molar-refractivity contribution in [1.29, 1.82) is 0 Å². The Morgan fingerprint density at radius 3 is 2.74 bits per heavy atom. The average molecular weight is 473 g/mol. The number of benzene rings is 2. The Kier molecular flexibility index (Phi) is 5.53. The molecule has 1 aliphatic heterocycles. The molecule has 0 saturated carbocycles. The van der Waals surface area contributed by atoms with Gasteiger partial charge in [0, 0.05) is 30.4 Å². The summed E-state index contributed by atoms with van der Waals surface area (Å²) < 4.78 is 2.36. The van der Waals surface area contributed by atoms with Gasteiger partial charge in [0.15, 0.2) is 5.65 Å². The number of fused-ring (bicyclic) bond motifs is 1. The van der Waals surface area contributed by atoms with Gasteiger partial charge in [-0.2, -0.15) is 5.10 Å². The molecule has 0 aliphatic carbocycles. The van der Waals surface area contributed by atoms with Gasteiger partial charge >= 0.3 is 0 Å². The number of nitrogens with one attached hydrogen (secondary N) is 1. The number of anilines is 2. The lowest BCUT2D eigenvalue weighted by Crippen LogP contribution is -2.28. The summed E-state index contributed by atoms with van der Waals surface area (Å²) in [6.45, 7) is 0.336. The highest BCUT2D eigenvalue weighted by atomic mass is 16.6. The average Bonchev–Trinajstić information content (AvgIpc) is 3.47. The quantitative estimate of drug-likeness (QED) is 0.334. The van der Waals surface area contributed by atoms with E-state index in [2.05, 4.69) is 15.4 Å². The number of nitro groups is 1. The molecule has 0 spiro atoms. The predicted molar refractivity (Wildman–Crippen MR) is 126 cm³/mol. The van der Waals surface area contributed by atoms with E-state index in [1.165, 1.54) is 35.4 Å². The molecule has 1 aliphatic rings. The van der Waals surface area contributed by atoms with Gasteiger partial charge in [0.2, 0.25) is 11.8 Å². The number of amides is 2. The molecular formula is C23H19N7O5. The van der Waals surface area contributed by atoms with Crippen LogP contribution in [0.25, 0.3) is 16.7 Å². The van der Waals surface area contributed by atoms with Gasteiger partial charge in [-0.25, -0.2) is 9.67 Å². The highest BCUT2D eigenvalue weighted by Gasteiger charge is 2.22. The molecular weight excluding hydrogens is 454 g/mol. The summed E-state index contributed by atoms with van der Waals surface area (Å²) in [5, 5.41) is 18.3. The van der Waals surface area contributed by atoms with Crippen molar-refractivity contribution in [2.75, 3.05) is 16.8 Å². The molecule has 0 atom stereocenters. The van der Waals surface area contributed by atoms with E-state index in [9.17, 15) is 24.5 Å². The Bertz CT molecular complexity index is 1540. The molecule has 2 aromatic heterocycles. The molecule has 0 unspecified atom stereocenters. The van der Waals surface area contributed by atoms with E-state index in [1.807, 2.05) is 0 Å². The summed E-state index contributed by atoms with van der Waals surface area (Å²) in [7, 11) is 0. The van der Waals surface area contributed by atoms with Gasteiger partial charge in [0.25, 0.3) is 11.2 Å². The minimum atomic E-state index is -0.539. The van der Waals surface area contributed by atoms with Crippen molar-refractivity contribution >= 4 is 39.9 Å². The second-order valence-electron chi connectivity index (χ2n) is 7.96. The summed E-state index contributed by atoms with van der Waals surface area (Å²) in [4.78, 5) is 54.3. The fourth-order valence-electron chi connectivity index (χ4n) is 4.06. The van der Waals surface area contributed by atoms with Crippen LogP contribution >= 0.6 is 0 Å². The topological polar surface area (TPSA) is 145 Å². The van der Waals surface area contributed by atoms with Gasteiger partial charge in [-0.05, 0) is 30.7 Å². The first kappa shape index (κ1) is 21.9. The molecule has 1 N–H and O–H groups in total. The van der Waals surface area contributed by atoms with Gasteiger partial charge in [0.1, 0.15) is 23.9 Å². The van der Waals surface area contributed by atoms with E-state index in [-0.39, 0.29) is 34.9 Å². The molecule has 5 rings (SSSR count). The Labute approximate surface area is 197 Å². The molecule has 3 heterocycles. The minimum absolute atomic E-state index is 0.0424. The number of carbonyl (C=O) groups is 2. The van der Waals surface area contributed by atoms with Crippen molar-refractivity contribution in [3.8, 4) is 5.69 Å². The predicted octanol–water partition coefficient (Wildman–Crippen LogP) is 2.26. The van der Waals surface area contributed by atoms with Crippen LogP contribution in [0, 0.1) is 10.1 Å². The summed E-state index contributed by atoms with van der Waals surface area (Å²) >= 11 is 0. The molecule has 35 heavy (non-hydrogen) atoms. The lowest BCUT2D eigenvalue weighted by Gasteiger charge is -2.17. The maximum absolute atomic E-state index is 13.0. The zero-order chi connectivity index (χ0) is 24.5. The van der Waals surface area contributed by atoms with E-state index in [0.717, 1.165) is 11.0 Å². The normalized spacial score (nSPS) is 13.4. The number of carbonyl (C=O) groups excluding carboxylic acids is 2. The van der Waals surface area contributed by atoms with Crippen molar-refractivity contribution in [1.82, 2.24) is 19.3 Å². The van der Waals surface area contributed by atoms with Crippen molar-refractivity contribution in [3.05, 3.63) is 81.5 Å². The number of nitro benzene ring substituents is 1. The second-order valence-corrected chi connectivity index (χ2v) is 7.96. The van der Waals surface area contributed by atoms with Gasteiger partial charge in [-0.15, -0.1) is 0 Å². The Morgan fingerprint density at radius 1 is 1.14 bits per heavy atom. The van der Waals surface area contributed by atoms with Gasteiger partial charge in [0.05, 0.1) is 11.1 Å². The summed E-state index contributed by atoms with van der Waals surface area (Å²) in [5.74, 6) is -0.412. The van der Waals surface area contributed by atoms with E-state index in [0.29, 0.717) is 24.3 Å². The van der Waals surface area contributed by atoms with Crippen LogP contribution in [0.5, 0.6) is 0 Å². The van der Waals surface area contributed by atoms with Crippen LogP contribution in [0.3, 0.4) is 0 Å². The number of hydrogen-bond donors (Lipinski definition) is 1. The first-order chi connectivity index (χ1) is 16.9. The SMILES string of the molecule is O=C(Cn1cnc2c(cnn2-c2ccccc2[N+](=O)[O-])c1=O)Nc1cccc(N2CCCC2=O)c1. The maximum Gasteiger partial charge on any atom is 0.294 e. The molecule has 0 radical (unpaired) electrons. The molecule has 0 bridgehead atoms. The zero-order valence-electron chi connectivity index (χ0n) is 18.3. The van der Waals surface area contributed by atoms with Crippen LogP contribution in [-0.4, -0.2) is 42.6 Å². The second kappa shape index (κ2) is 8.82. The van der Waals surface area contributed by atoms with Gasteiger partial charge in [-0.3, -0.25) is 29.1 Å². The van der Waals surface area contributed by atoms with Crippen LogP contribution in [0.15, 0.2) is 65.8 Å². The standard InChI is InChI=1S/C23H19N7O5/c31-20(26-15-5-3-6-16(11-15)28-10-4-9-21(28)32)13-27-14-24-22-17(23(27)33)12-25-29(22)18-7-1-2-8-19(18)30(34)35/h1-3,5-8,11-12,14H,4,9-10,13H2,(H,26,31). The Balaban J connectivity index is 1.38. The first-order valence-corrected chi connectivity index (χ1v) is 10.8. The fraction of sp³-hybridized carbons (Fsp3) is 0.174. The van der Waals surface area contributed by atoms with E-state index < -0.39 is 16.4 Å². The molecule has 12 nitrogen and oxygen atoms in total. The molecule has 2 aromatic carbocycles. The molecule has 2 amide bonds. The number of para-hydroxylation sites is 2. The van der Waals surface area contributed by atoms with Crippen LogP contribution in [0.4, 0.5) is 17.1 Å². The monoisotopic (exact) mass is 473 g/mol. The molecule has 12 heteroatoms. The summed E-state index contributed by atoms with van der Waals surface area (Å²) in [6, 6.07) is 13.0. The smallest absolute Gasteiger partial charge is 0.294 e. The molecule has 1 fully saturated rings. The van der Waals surface area contributed by atoms with Crippen LogP contribution < -0.4 is 15.8 Å². The summed E-state index contributed by atoms with van der Waals surface area (Å²) in [5.41, 5.74) is 0.828. The minimum Gasteiger partial charge on any atom is -0.324 e. The highest BCUT2D eigenvalue weighted by molar-refractivity contribution is 5.97. The van der Waals surface area contributed by atoms with Crippen molar-refractivity contribution in [3.63, 3.8) is 0 Å². The van der Waals surface area contributed by atoms with Crippen LogP contribution in [-0.2, 0) is 16.1 Å². The maximum atomic E-state index is 13.0. The highest BCUT2D eigenvalue weighted by Crippen LogP contribution is 2.25. The first-order valence-electron chi connectivity index (χ1n) is 10.8. The molecule has 4 aromatic rings.